The number of fused-ring (bicyclic) bond motifs is 2. The van der Waals surface area contributed by atoms with E-state index in [1.54, 1.807) is 33.0 Å². The number of ether oxygens (including phenoxy) is 2. The maximum Gasteiger partial charge on any atom is 0.126 e. The van der Waals surface area contributed by atoms with Crippen molar-refractivity contribution in [2.45, 2.75) is 155 Å². The molecule has 0 spiro atoms. The van der Waals surface area contributed by atoms with Crippen molar-refractivity contribution in [3.63, 3.8) is 0 Å². The van der Waals surface area contributed by atoms with Crippen molar-refractivity contribution in [3.8, 4) is 33.8 Å². The van der Waals surface area contributed by atoms with Crippen LogP contribution in [0.25, 0.3) is 33.5 Å². The number of methoxy groups -OCH3 is 2. The van der Waals surface area contributed by atoms with Crippen molar-refractivity contribution < 1.29 is 9.47 Å². The summed E-state index contributed by atoms with van der Waals surface area (Å²) in [5.41, 5.74) is 20.5. The van der Waals surface area contributed by atoms with Crippen LogP contribution < -0.4 is 9.47 Å². The molecular formula is C56H72O2Si. The first-order valence-corrected chi connectivity index (χ1v) is 25.7. The number of allylic oxidation sites excluding steroid dienone is 2. The molecule has 2 nitrogen and oxygen atoms in total. The number of hydrogen-bond donors (Lipinski definition) is 0. The third-order valence-electron chi connectivity index (χ3n) is 14.2. The van der Waals surface area contributed by atoms with Crippen LogP contribution in [0.1, 0.15) is 159 Å². The minimum Gasteiger partial charge on any atom is -0.496 e. The Morgan fingerprint density at radius 3 is 1.41 bits per heavy atom. The molecule has 312 valence electrons. The monoisotopic (exact) mass is 805 g/mol. The van der Waals surface area contributed by atoms with Crippen LogP contribution in [-0.2, 0) is 28.1 Å². The Bertz CT molecular complexity index is 2330. The summed E-state index contributed by atoms with van der Waals surface area (Å²) in [5.74, 6) is 3.50. The molecule has 0 aliphatic heterocycles. The molecule has 1 unspecified atom stereocenters. The fraction of sp³-hybridized carbons (Fsp3) is 0.500. The van der Waals surface area contributed by atoms with Crippen LogP contribution in [0, 0.1) is 11.8 Å². The van der Waals surface area contributed by atoms with Gasteiger partial charge in [0.25, 0.3) is 0 Å². The van der Waals surface area contributed by atoms with Crippen molar-refractivity contribution in [3.05, 3.63) is 116 Å². The zero-order valence-electron chi connectivity index (χ0n) is 39.4. The molecule has 4 aliphatic rings. The molecule has 1 atom stereocenters. The predicted octanol–water partition coefficient (Wildman–Crippen LogP) is 15.3. The fourth-order valence-corrected chi connectivity index (χ4v) is 15.4. The van der Waals surface area contributed by atoms with Crippen LogP contribution in [0.5, 0.6) is 11.5 Å². The van der Waals surface area contributed by atoms with Crippen LogP contribution >= 0.6 is 0 Å². The second-order valence-electron chi connectivity index (χ2n) is 23.3. The van der Waals surface area contributed by atoms with Gasteiger partial charge in [0, 0.05) is 27.8 Å². The Labute approximate surface area is 358 Å². The predicted molar refractivity (Wildman–Crippen MR) is 256 cm³/mol. The van der Waals surface area contributed by atoms with Gasteiger partial charge >= 0.3 is 0 Å². The number of benzene rings is 4. The smallest absolute Gasteiger partial charge is 0.126 e. The average molecular weight is 805 g/mol. The lowest BCUT2D eigenvalue weighted by molar-refractivity contribution is 0.381. The van der Waals surface area contributed by atoms with Gasteiger partial charge in [-0.2, -0.15) is 0 Å². The Balaban J connectivity index is 1.30. The summed E-state index contributed by atoms with van der Waals surface area (Å²) in [6.45, 7) is 33.4. The summed E-state index contributed by atoms with van der Waals surface area (Å²) in [6, 6.07) is 24.4. The van der Waals surface area contributed by atoms with Crippen molar-refractivity contribution in [1.29, 1.82) is 0 Å². The van der Waals surface area contributed by atoms with E-state index in [4.69, 9.17) is 9.47 Å². The van der Waals surface area contributed by atoms with Gasteiger partial charge in [0.1, 0.15) is 11.5 Å². The van der Waals surface area contributed by atoms with Gasteiger partial charge in [-0.05, 0) is 134 Å². The number of rotatable bonds is 8. The molecule has 4 aromatic carbocycles. The standard InChI is InChI=1S/C56H72O2Si/c1-53(2,3)45-27-35(28-46(49(45)57-13)54(4,5)6)37-19-17-21-39-43(37)31-41(33-23-24-33)51(39)59(15,16)52-40-22-18-20-38(44(40)32-42(52)34-25-26-34)36-29-47(55(7,8)9)50(58-14)48(30-36)56(10,11)12/h17-22,27-31,33-34,51H,23-26,32H2,1-16H3. The quantitative estimate of drug-likeness (QED) is 0.165. The molecule has 0 radical (unpaired) electrons. The van der Waals surface area contributed by atoms with Crippen molar-refractivity contribution >= 4 is 19.3 Å². The Hall–Kier alpha value is -3.82. The highest BCUT2D eigenvalue weighted by Gasteiger charge is 2.50. The van der Waals surface area contributed by atoms with Crippen LogP contribution in [0.15, 0.2) is 71.8 Å². The second-order valence-corrected chi connectivity index (χ2v) is 27.8. The van der Waals surface area contributed by atoms with E-state index in [1.807, 2.05) is 14.2 Å². The van der Waals surface area contributed by atoms with Gasteiger partial charge in [0.05, 0.1) is 22.3 Å². The second kappa shape index (κ2) is 14.1. The van der Waals surface area contributed by atoms with E-state index in [0.29, 0.717) is 11.5 Å². The van der Waals surface area contributed by atoms with Gasteiger partial charge in [-0.3, -0.25) is 0 Å². The topological polar surface area (TPSA) is 18.5 Å². The van der Waals surface area contributed by atoms with E-state index in [9.17, 15) is 0 Å². The number of hydrogen-bond acceptors (Lipinski definition) is 2. The summed E-state index contributed by atoms with van der Waals surface area (Å²) >= 11 is 0. The van der Waals surface area contributed by atoms with Crippen molar-refractivity contribution in [1.82, 2.24) is 0 Å². The van der Waals surface area contributed by atoms with Crippen molar-refractivity contribution in [2.75, 3.05) is 14.2 Å². The molecular weight excluding hydrogens is 733 g/mol. The maximum absolute atomic E-state index is 6.23. The van der Waals surface area contributed by atoms with Gasteiger partial charge < -0.3 is 9.47 Å². The van der Waals surface area contributed by atoms with E-state index in [0.717, 1.165) is 23.8 Å². The fourth-order valence-electron chi connectivity index (χ4n) is 10.9. The first-order chi connectivity index (χ1) is 27.5. The van der Waals surface area contributed by atoms with Crippen LogP contribution in [0.3, 0.4) is 0 Å². The van der Waals surface area contributed by atoms with Gasteiger partial charge in [-0.25, -0.2) is 0 Å². The SMILES string of the molecule is COc1c(C(C)(C)C)cc(-c2cccc3c2C=C(C2CC2)C3[Si](C)(C)C2=C(C3CC3)Cc3c2cccc3-c2cc(C(C)(C)C)c(OC)c(C(C)(C)C)c2)cc1C(C)(C)C. The van der Waals surface area contributed by atoms with Gasteiger partial charge in [-0.1, -0.05) is 155 Å². The minimum atomic E-state index is -2.18. The molecule has 3 heteroatoms. The first kappa shape index (κ1) is 41.9. The highest BCUT2D eigenvalue weighted by Crippen LogP contribution is 2.60. The molecule has 0 heterocycles. The Morgan fingerprint density at radius 1 is 0.542 bits per heavy atom. The Kier molecular flexibility index (Phi) is 10.0. The first-order valence-electron chi connectivity index (χ1n) is 22.6. The lowest BCUT2D eigenvalue weighted by atomic mass is 9.77. The van der Waals surface area contributed by atoms with Crippen LogP contribution in [0.2, 0.25) is 13.1 Å². The van der Waals surface area contributed by atoms with Crippen LogP contribution in [-0.4, -0.2) is 22.3 Å². The maximum atomic E-state index is 6.23. The lowest BCUT2D eigenvalue weighted by Gasteiger charge is -2.36. The van der Waals surface area contributed by atoms with E-state index in [1.165, 1.54) is 75.8 Å². The molecule has 8 rings (SSSR count). The van der Waals surface area contributed by atoms with Gasteiger partial charge in [-0.15, -0.1) is 0 Å². The molecule has 2 saturated carbocycles. The molecule has 0 amide bonds. The average Bonchev–Trinajstić information content (AvgIpc) is 4.09. The molecule has 4 aliphatic carbocycles. The van der Waals surface area contributed by atoms with Gasteiger partial charge in [0.15, 0.2) is 0 Å². The summed E-state index contributed by atoms with van der Waals surface area (Å²) in [7, 11) is 1.52. The molecule has 0 N–H and O–H groups in total. The summed E-state index contributed by atoms with van der Waals surface area (Å²) in [5, 5.41) is 1.77. The summed E-state index contributed by atoms with van der Waals surface area (Å²) in [6.07, 6.45) is 9.07. The highest BCUT2D eigenvalue weighted by molar-refractivity contribution is 6.96. The lowest BCUT2D eigenvalue weighted by Crippen LogP contribution is -2.38. The molecule has 4 aromatic rings. The largest absolute Gasteiger partial charge is 0.496 e. The minimum absolute atomic E-state index is 0.0501. The highest BCUT2D eigenvalue weighted by atomic mass is 28.3. The third kappa shape index (κ3) is 7.30. The van der Waals surface area contributed by atoms with Crippen molar-refractivity contribution in [2.24, 2.45) is 11.8 Å². The Morgan fingerprint density at radius 2 is 0.966 bits per heavy atom. The molecule has 59 heavy (non-hydrogen) atoms. The van der Waals surface area contributed by atoms with E-state index in [2.05, 4.69) is 163 Å². The normalized spacial score (nSPS) is 18.6. The molecule has 2 fully saturated rings. The molecule has 0 aromatic heterocycles. The van der Waals surface area contributed by atoms with Crippen LogP contribution in [0.4, 0.5) is 0 Å². The van der Waals surface area contributed by atoms with Gasteiger partial charge in [0.2, 0.25) is 0 Å². The zero-order valence-corrected chi connectivity index (χ0v) is 40.4. The molecule has 0 saturated heterocycles. The summed E-state index contributed by atoms with van der Waals surface area (Å²) in [4.78, 5) is 0. The summed E-state index contributed by atoms with van der Waals surface area (Å²) < 4.78 is 12.4. The molecule has 0 bridgehead atoms. The van der Waals surface area contributed by atoms with E-state index < -0.39 is 8.07 Å². The van der Waals surface area contributed by atoms with E-state index in [-0.39, 0.29) is 21.7 Å². The zero-order chi connectivity index (χ0) is 42.8. The van der Waals surface area contributed by atoms with E-state index >= 15 is 0 Å². The third-order valence-corrected chi connectivity index (χ3v) is 18.1.